The van der Waals surface area contributed by atoms with Crippen molar-refractivity contribution >= 4 is 18.0 Å². The van der Waals surface area contributed by atoms with Crippen LogP contribution in [0.15, 0.2) is 23.8 Å². The van der Waals surface area contributed by atoms with E-state index >= 15 is 0 Å². The summed E-state index contributed by atoms with van der Waals surface area (Å²) in [5, 5.41) is 0. The van der Waals surface area contributed by atoms with Crippen molar-refractivity contribution in [2.24, 2.45) is 11.3 Å². The highest BCUT2D eigenvalue weighted by atomic mass is 19.4. The largest absolute Gasteiger partial charge is 0.465 e. The van der Waals surface area contributed by atoms with E-state index in [9.17, 15) is 35.9 Å². The molecule has 0 radical (unpaired) electrons. The Morgan fingerprint density at radius 3 is 1.81 bits per heavy atom. The quantitative estimate of drug-likeness (QED) is 0.329. The average Bonchev–Trinajstić information content (AvgIpc) is 2.98. The summed E-state index contributed by atoms with van der Waals surface area (Å²) in [5.41, 5.74) is -4.55. The third-order valence-electron chi connectivity index (χ3n) is 5.09. The zero-order valence-corrected chi connectivity index (χ0v) is 17.1. The van der Waals surface area contributed by atoms with Gasteiger partial charge in [-0.25, -0.2) is 0 Å². The summed E-state index contributed by atoms with van der Waals surface area (Å²) in [6, 6.07) is 1.25. The van der Waals surface area contributed by atoms with Crippen LogP contribution in [0.1, 0.15) is 50.3 Å². The van der Waals surface area contributed by atoms with Gasteiger partial charge in [0.1, 0.15) is 0 Å². The van der Waals surface area contributed by atoms with Crippen molar-refractivity contribution in [3.8, 4) is 0 Å². The van der Waals surface area contributed by atoms with E-state index in [-0.39, 0.29) is 37.7 Å². The minimum Gasteiger partial charge on any atom is -0.465 e. The van der Waals surface area contributed by atoms with Gasteiger partial charge < -0.3 is 9.47 Å². The first-order valence-electron chi connectivity index (χ1n) is 9.59. The molecule has 0 aliphatic heterocycles. The van der Waals surface area contributed by atoms with Gasteiger partial charge in [0.05, 0.1) is 24.3 Å². The topological polar surface area (TPSA) is 52.6 Å². The zero-order chi connectivity index (χ0) is 23.6. The molecule has 31 heavy (non-hydrogen) atoms. The molecule has 4 nitrogen and oxygen atoms in total. The summed E-state index contributed by atoms with van der Waals surface area (Å²) in [4.78, 5) is 25.1. The lowest BCUT2D eigenvalue weighted by Crippen LogP contribution is -2.40. The number of carbonyl (C=O) groups excluding carboxylic acids is 2. The zero-order valence-electron chi connectivity index (χ0n) is 17.1. The number of allylic oxidation sites excluding steroid dienone is 1. The smallest absolute Gasteiger partial charge is 0.416 e. The summed E-state index contributed by atoms with van der Waals surface area (Å²) in [6.07, 6.45) is -9.04. The standard InChI is InChI=1S/C21H22F6O4/c1-4-30-17(28)19(18(29)31-5-2)10-12(3)14(11-19)6-13-7-15(20(22,23)24)9-16(8-13)21(25,26)27/h6-9,12H,4-5,10-11H2,1-3H3/b14-6+. The van der Waals surface area contributed by atoms with Gasteiger partial charge in [0.25, 0.3) is 0 Å². The summed E-state index contributed by atoms with van der Waals surface area (Å²) < 4.78 is 88.7. The molecule has 1 fully saturated rings. The predicted octanol–water partition coefficient (Wildman–Crippen LogP) is 5.65. The fraction of sp³-hybridized carbons (Fsp3) is 0.524. The molecule has 10 heteroatoms. The van der Waals surface area contributed by atoms with Crippen molar-refractivity contribution < 1.29 is 45.4 Å². The normalized spacial score (nSPS) is 20.0. The molecular weight excluding hydrogens is 430 g/mol. The first-order chi connectivity index (χ1) is 14.2. The molecule has 1 unspecified atom stereocenters. The third kappa shape index (κ3) is 5.40. The molecule has 1 aliphatic carbocycles. The molecule has 0 aromatic heterocycles. The van der Waals surface area contributed by atoms with Gasteiger partial charge >= 0.3 is 24.3 Å². The lowest BCUT2D eigenvalue weighted by molar-refractivity contribution is -0.171. The molecule has 1 saturated carbocycles. The highest BCUT2D eigenvalue weighted by Gasteiger charge is 2.54. The number of rotatable bonds is 5. The highest BCUT2D eigenvalue weighted by Crippen LogP contribution is 2.48. The van der Waals surface area contributed by atoms with Crippen molar-refractivity contribution in [2.75, 3.05) is 13.2 Å². The predicted molar refractivity (Wildman–Crippen MR) is 98.5 cm³/mol. The number of halogens is 6. The Labute approximate surface area is 175 Å². The van der Waals surface area contributed by atoms with Crippen LogP contribution in [0.25, 0.3) is 6.08 Å². The molecule has 0 amide bonds. The second-order valence-electron chi connectivity index (χ2n) is 7.36. The van der Waals surface area contributed by atoms with Crippen LogP contribution in [0, 0.1) is 11.3 Å². The summed E-state index contributed by atoms with van der Waals surface area (Å²) in [7, 11) is 0. The monoisotopic (exact) mass is 452 g/mol. The Hall–Kier alpha value is -2.52. The molecule has 0 heterocycles. The summed E-state index contributed by atoms with van der Waals surface area (Å²) >= 11 is 0. The minimum atomic E-state index is -4.98. The molecule has 1 atom stereocenters. The van der Waals surface area contributed by atoms with Crippen LogP contribution < -0.4 is 0 Å². The summed E-state index contributed by atoms with van der Waals surface area (Å²) in [6.45, 7) is 4.72. The van der Waals surface area contributed by atoms with Crippen molar-refractivity contribution in [1.29, 1.82) is 0 Å². The fourth-order valence-corrected chi connectivity index (χ4v) is 3.65. The maximum Gasteiger partial charge on any atom is 0.416 e. The van der Waals surface area contributed by atoms with Crippen molar-refractivity contribution in [3.63, 3.8) is 0 Å². The fourth-order valence-electron chi connectivity index (χ4n) is 3.65. The van der Waals surface area contributed by atoms with Gasteiger partial charge in [-0.3, -0.25) is 9.59 Å². The Morgan fingerprint density at radius 1 is 0.968 bits per heavy atom. The molecule has 2 rings (SSSR count). The van der Waals surface area contributed by atoms with Crippen LogP contribution in [0.2, 0.25) is 0 Å². The maximum atomic E-state index is 13.1. The molecule has 0 bridgehead atoms. The van der Waals surface area contributed by atoms with E-state index in [4.69, 9.17) is 9.47 Å². The van der Waals surface area contributed by atoms with Crippen molar-refractivity contribution in [2.45, 2.75) is 46.0 Å². The second kappa shape index (κ2) is 8.92. The van der Waals surface area contributed by atoms with E-state index in [1.807, 2.05) is 0 Å². The van der Waals surface area contributed by atoms with Crippen LogP contribution in [0.3, 0.4) is 0 Å². The number of ether oxygens (including phenoxy) is 2. The Morgan fingerprint density at radius 2 is 1.42 bits per heavy atom. The molecular formula is C21H22F6O4. The molecule has 0 N–H and O–H groups in total. The van der Waals surface area contributed by atoms with Gasteiger partial charge in [-0.1, -0.05) is 18.6 Å². The SMILES string of the molecule is CCOC(=O)C1(C(=O)OCC)C/C(=C\c2cc(C(F)(F)F)cc(C(F)(F)F)c2)C(C)C1. The van der Waals surface area contributed by atoms with Gasteiger partial charge in [-0.15, -0.1) is 0 Å². The van der Waals surface area contributed by atoms with E-state index in [1.165, 1.54) is 0 Å². The van der Waals surface area contributed by atoms with E-state index in [1.54, 1.807) is 20.8 Å². The molecule has 0 spiro atoms. The van der Waals surface area contributed by atoms with Crippen LogP contribution in [0.4, 0.5) is 26.3 Å². The molecule has 1 aromatic rings. The van der Waals surface area contributed by atoms with Gasteiger partial charge in [0.2, 0.25) is 0 Å². The second-order valence-corrected chi connectivity index (χ2v) is 7.36. The van der Waals surface area contributed by atoms with E-state index in [0.29, 0.717) is 17.7 Å². The van der Waals surface area contributed by atoms with Gasteiger partial charge in [0.15, 0.2) is 5.41 Å². The van der Waals surface area contributed by atoms with Gasteiger partial charge in [0, 0.05) is 0 Å². The molecule has 0 saturated heterocycles. The minimum absolute atomic E-state index is 0.00398. The third-order valence-corrected chi connectivity index (χ3v) is 5.09. The van der Waals surface area contributed by atoms with E-state index in [2.05, 4.69) is 0 Å². The Balaban J connectivity index is 2.54. The molecule has 1 aromatic carbocycles. The number of carbonyl (C=O) groups is 2. The van der Waals surface area contributed by atoms with Gasteiger partial charge in [-0.05, 0) is 56.4 Å². The number of alkyl halides is 6. The van der Waals surface area contributed by atoms with Crippen LogP contribution in [0.5, 0.6) is 0 Å². The van der Waals surface area contributed by atoms with Crippen LogP contribution in [-0.4, -0.2) is 25.2 Å². The summed E-state index contributed by atoms with van der Waals surface area (Å²) in [5.74, 6) is -2.13. The lowest BCUT2D eigenvalue weighted by atomic mass is 9.85. The number of hydrogen-bond acceptors (Lipinski definition) is 4. The first kappa shape index (κ1) is 24.7. The van der Waals surface area contributed by atoms with Crippen LogP contribution in [-0.2, 0) is 31.4 Å². The van der Waals surface area contributed by atoms with E-state index < -0.39 is 46.8 Å². The first-order valence-corrected chi connectivity index (χ1v) is 9.59. The molecule has 1 aliphatic rings. The van der Waals surface area contributed by atoms with Crippen molar-refractivity contribution in [1.82, 2.24) is 0 Å². The molecule has 172 valence electrons. The Kier molecular flexibility index (Phi) is 7.12. The maximum absolute atomic E-state index is 13.1. The number of esters is 2. The average molecular weight is 452 g/mol. The van der Waals surface area contributed by atoms with E-state index in [0.717, 1.165) is 6.08 Å². The number of benzene rings is 1. The lowest BCUT2D eigenvalue weighted by Gasteiger charge is -2.24. The van der Waals surface area contributed by atoms with Crippen LogP contribution >= 0.6 is 0 Å². The Bertz CT molecular complexity index is 819. The number of hydrogen-bond donors (Lipinski definition) is 0. The highest BCUT2D eigenvalue weighted by molar-refractivity contribution is 6.01. The van der Waals surface area contributed by atoms with Crippen molar-refractivity contribution in [3.05, 3.63) is 40.5 Å². The van der Waals surface area contributed by atoms with Gasteiger partial charge in [-0.2, -0.15) is 26.3 Å².